The molecule has 2 fully saturated rings. The molecule has 0 spiro atoms. The van der Waals surface area contributed by atoms with Gasteiger partial charge in [-0.15, -0.1) is 0 Å². The predicted octanol–water partition coefficient (Wildman–Crippen LogP) is 6.39. The number of hydrogen-bond donors (Lipinski definition) is 4. The molecule has 0 aromatic heterocycles. The van der Waals surface area contributed by atoms with Crippen LogP contribution in [-0.4, -0.2) is 66.0 Å². The van der Waals surface area contributed by atoms with Crippen LogP contribution in [0.1, 0.15) is 66.4 Å². The molecule has 2 aliphatic rings. The highest BCUT2D eigenvalue weighted by molar-refractivity contribution is 6.30. The van der Waals surface area contributed by atoms with Gasteiger partial charge >= 0.3 is 12.0 Å². The van der Waals surface area contributed by atoms with E-state index < -0.39 is 23.9 Å². The van der Waals surface area contributed by atoms with Crippen molar-refractivity contribution >= 4 is 23.6 Å². The summed E-state index contributed by atoms with van der Waals surface area (Å²) in [5.41, 5.74) is 5.70. The smallest absolute Gasteiger partial charge is 0.325 e. The Morgan fingerprint density at radius 3 is 2.29 bits per heavy atom. The Hall–Kier alpha value is -4.29. The molecule has 4 N–H and O–H groups in total. The number of likely N-dealkylation sites (tertiary alicyclic amines) is 1. The molecule has 4 aromatic rings. The summed E-state index contributed by atoms with van der Waals surface area (Å²) >= 11 is 6.09. The zero-order valence-electron chi connectivity index (χ0n) is 29.3. The Labute approximate surface area is 309 Å². The molecule has 6 rings (SSSR count). The number of nitrogens with one attached hydrogen (secondary N) is 2. The maximum absolute atomic E-state index is 12.2. The highest BCUT2D eigenvalue weighted by Crippen LogP contribution is 2.40. The van der Waals surface area contributed by atoms with Crippen LogP contribution >= 0.6 is 11.6 Å². The first kappa shape index (κ1) is 37.5. The number of halogens is 1. The zero-order valence-corrected chi connectivity index (χ0v) is 30.1. The maximum atomic E-state index is 12.2. The van der Waals surface area contributed by atoms with Crippen LogP contribution in [0.2, 0.25) is 5.02 Å². The zero-order chi connectivity index (χ0) is 36.5. The van der Waals surface area contributed by atoms with Gasteiger partial charge in [0.15, 0.2) is 6.29 Å². The van der Waals surface area contributed by atoms with Crippen molar-refractivity contribution < 1.29 is 34.0 Å². The van der Waals surface area contributed by atoms with Crippen LogP contribution in [0.3, 0.4) is 0 Å². The lowest BCUT2D eigenvalue weighted by molar-refractivity contribution is -0.253. The van der Waals surface area contributed by atoms with Crippen molar-refractivity contribution in [2.75, 3.05) is 32.8 Å². The topological polar surface area (TPSA) is 130 Å². The van der Waals surface area contributed by atoms with Gasteiger partial charge in [0.1, 0.15) is 6.54 Å². The lowest BCUT2D eigenvalue weighted by Crippen LogP contribution is -2.46. The van der Waals surface area contributed by atoms with Crippen molar-refractivity contribution in [2.45, 2.75) is 63.4 Å². The molecule has 2 heterocycles. The number of aliphatic hydroxyl groups excluding tert-OH is 1. The molecular formula is C41H46ClN3O7. The largest absolute Gasteiger partial charge is 0.465 e. The van der Waals surface area contributed by atoms with Crippen molar-refractivity contribution in [3.05, 3.63) is 130 Å². The summed E-state index contributed by atoms with van der Waals surface area (Å²) in [6.07, 6.45) is 1.01. The number of nitrogens with zero attached hydrogens (tertiary/aromatic N) is 1. The van der Waals surface area contributed by atoms with Crippen LogP contribution in [0.4, 0.5) is 4.79 Å². The van der Waals surface area contributed by atoms with Gasteiger partial charge in [-0.1, -0.05) is 90.5 Å². The summed E-state index contributed by atoms with van der Waals surface area (Å²) in [6.45, 7) is 4.25. The molecule has 2 saturated heterocycles. The molecule has 0 aliphatic carbocycles. The van der Waals surface area contributed by atoms with Gasteiger partial charge in [-0.25, -0.2) is 4.79 Å². The van der Waals surface area contributed by atoms with Crippen molar-refractivity contribution in [3.63, 3.8) is 0 Å². The second-order valence-electron chi connectivity index (χ2n) is 13.4. The number of rotatable bonds is 12. The van der Waals surface area contributed by atoms with Gasteiger partial charge in [0, 0.05) is 43.2 Å². The van der Waals surface area contributed by atoms with Crippen molar-refractivity contribution in [2.24, 2.45) is 0 Å². The Kier molecular flexibility index (Phi) is 12.6. The van der Waals surface area contributed by atoms with Crippen LogP contribution in [0.5, 0.6) is 0 Å². The summed E-state index contributed by atoms with van der Waals surface area (Å²) in [6, 6.07) is 30.9. The van der Waals surface area contributed by atoms with E-state index in [2.05, 4.69) is 15.5 Å². The molecule has 4 aromatic carbocycles. The highest BCUT2D eigenvalue weighted by atomic mass is 35.5. The summed E-state index contributed by atoms with van der Waals surface area (Å²) in [5, 5.41) is 26.9. The summed E-state index contributed by atoms with van der Waals surface area (Å²) < 4.78 is 18.1. The predicted molar refractivity (Wildman–Crippen MR) is 198 cm³/mol. The van der Waals surface area contributed by atoms with Crippen LogP contribution in [0, 0.1) is 0 Å². The van der Waals surface area contributed by atoms with E-state index in [0.29, 0.717) is 37.4 Å². The van der Waals surface area contributed by atoms with Crippen LogP contribution in [-0.2, 0) is 37.8 Å². The lowest BCUT2D eigenvalue weighted by Gasteiger charge is -2.42. The number of urea groups is 1. The monoisotopic (exact) mass is 727 g/mol. The Balaban J connectivity index is 1.11. The lowest BCUT2D eigenvalue weighted by atomic mass is 9.84. The van der Waals surface area contributed by atoms with E-state index >= 15 is 0 Å². The molecular weight excluding hydrogens is 682 g/mol. The molecule has 11 heteroatoms. The second-order valence-corrected chi connectivity index (χ2v) is 13.8. The Bertz CT molecular complexity index is 1780. The minimum atomic E-state index is -0.880. The SMILES string of the molecule is CCOC(=O)CNC(=O)NCc1cccc(-c2ccc([C@H]3O[C@@H](CN4CCC(O)(c5ccc(Cl)cc5)CC4)C[C@@H](c4ccc(CO)cc4)O3)cc2)c1. The maximum Gasteiger partial charge on any atom is 0.325 e. The Morgan fingerprint density at radius 2 is 1.60 bits per heavy atom. The van der Waals surface area contributed by atoms with Gasteiger partial charge in [0.05, 0.1) is 31.0 Å². The first-order valence-electron chi connectivity index (χ1n) is 17.8. The van der Waals surface area contributed by atoms with Crippen LogP contribution < -0.4 is 10.6 Å². The molecule has 2 aliphatic heterocycles. The third kappa shape index (κ3) is 9.77. The first-order chi connectivity index (χ1) is 25.2. The summed E-state index contributed by atoms with van der Waals surface area (Å²) in [7, 11) is 0. The Morgan fingerprint density at radius 1 is 0.885 bits per heavy atom. The van der Waals surface area contributed by atoms with E-state index in [1.807, 2.05) is 97.1 Å². The number of aliphatic hydroxyl groups is 2. The molecule has 274 valence electrons. The van der Waals surface area contributed by atoms with E-state index in [1.54, 1.807) is 6.92 Å². The van der Waals surface area contributed by atoms with E-state index in [4.69, 9.17) is 25.8 Å². The van der Waals surface area contributed by atoms with Gasteiger partial charge in [-0.05, 0) is 71.3 Å². The minimum absolute atomic E-state index is 0.0181. The average molecular weight is 728 g/mol. The molecule has 0 saturated carbocycles. The molecule has 52 heavy (non-hydrogen) atoms. The number of esters is 1. The highest BCUT2D eigenvalue weighted by Gasteiger charge is 2.37. The number of carbonyl (C=O) groups excluding carboxylic acids is 2. The summed E-state index contributed by atoms with van der Waals surface area (Å²) in [4.78, 5) is 26.0. The fraction of sp³-hybridized carbons (Fsp3) is 0.366. The van der Waals surface area contributed by atoms with E-state index in [1.165, 1.54) is 0 Å². The van der Waals surface area contributed by atoms with Gasteiger partial charge < -0.3 is 40.0 Å². The number of amides is 2. The molecule has 0 bridgehead atoms. The summed E-state index contributed by atoms with van der Waals surface area (Å²) in [5.74, 6) is -0.485. The van der Waals surface area contributed by atoms with Gasteiger partial charge in [-0.3, -0.25) is 4.79 Å². The molecule has 3 atom stereocenters. The average Bonchev–Trinajstić information content (AvgIpc) is 3.17. The third-order valence-corrected chi connectivity index (χ3v) is 9.99. The first-order valence-corrected chi connectivity index (χ1v) is 18.2. The van der Waals surface area contributed by atoms with Crippen molar-refractivity contribution in [3.8, 4) is 11.1 Å². The number of hydrogen-bond acceptors (Lipinski definition) is 8. The number of ether oxygens (including phenoxy) is 3. The van der Waals surface area contributed by atoms with E-state index in [0.717, 1.165) is 52.0 Å². The molecule has 0 unspecified atom stereocenters. The van der Waals surface area contributed by atoms with Gasteiger partial charge in [-0.2, -0.15) is 0 Å². The fourth-order valence-electron chi connectivity index (χ4n) is 6.78. The number of carbonyl (C=O) groups is 2. The number of benzene rings is 4. The van der Waals surface area contributed by atoms with E-state index in [-0.39, 0.29) is 32.0 Å². The molecule has 2 amide bonds. The quantitative estimate of drug-likeness (QED) is 0.124. The van der Waals surface area contributed by atoms with E-state index in [9.17, 15) is 19.8 Å². The molecule has 0 radical (unpaired) electrons. The molecule has 10 nitrogen and oxygen atoms in total. The van der Waals surface area contributed by atoms with Crippen molar-refractivity contribution in [1.82, 2.24) is 15.5 Å². The minimum Gasteiger partial charge on any atom is -0.465 e. The normalized spacial score (nSPS) is 20.2. The van der Waals surface area contributed by atoms with Crippen LogP contribution in [0.15, 0.2) is 97.1 Å². The number of piperidine rings is 1. The van der Waals surface area contributed by atoms with Gasteiger partial charge in [0.2, 0.25) is 0 Å². The van der Waals surface area contributed by atoms with Crippen LogP contribution in [0.25, 0.3) is 11.1 Å². The third-order valence-electron chi connectivity index (χ3n) is 9.74. The van der Waals surface area contributed by atoms with Crippen molar-refractivity contribution in [1.29, 1.82) is 0 Å². The fourth-order valence-corrected chi connectivity index (χ4v) is 6.90. The van der Waals surface area contributed by atoms with Gasteiger partial charge in [0.25, 0.3) is 0 Å². The second kappa shape index (κ2) is 17.5. The standard InChI is InChI=1S/C41H46ClN3O7/c1-2-50-38(47)25-44-40(48)43-24-29-4-3-5-33(22-29)30-10-12-32(13-11-30)39-51-36(23-37(52-39)31-8-6-28(27-46)7-9-31)26-45-20-18-41(49,19-21-45)34-14-16-35(42)17-15-34/h3-17,22,36-37,39,46,49H,2,18-21,23-27H2,1H3,(H2,43,44,48)/t36-,37+,39+/m1/s1.